The molecule has 5 nitrogen and oxygen atoms in total. The van der Waals surface area contributed by atoms with Gasteiger partial charge in [-0.15, -0.1) is 0 Å². The first-order valence-electron chi connectivity index (χ1n) is 5.64. The second-order valence-electron chi connectivity index (χ2n) is 4.31. The predicted molar refractivity (Wildman–Crippen MR) is 60.9 cm³/mol. The van der Waals surface area contributed by atoms with Crippen LogP contribution in [-0.2, 0) is 14.8 Å². The standard InChI is InChI=1S/C11H10F3NO4S/c12-7-4-6(5-8(13)10(7)14)20(18,19)15-3-1-2-9(15)11(16)17/h4-5,9H,1-3H2,(H,16,17)/t9-/m0/s1. The summed E-state index contributed by atoms with van der Waals surface area (Å²) in [6.07, 6.45) is 0.434. The molecule has 1 N–H and O–H groups in total. The largest absolute Gasteiger partial charge is 0.480 e. The average Bonchev–Trinajstić information content (AvgIpc) is 2.85. The highest BCUT2D eigenvalue weighted by Gasteiger charge is 2.40. The van der Waals surface area contributed by atoms with Crippen LogP contribution in [0.5, 0.6) is 0 Å². The summed E-state index contributed by atoms with van der Waals surface area (Å²) >= 11 is 0. The number of sulfonamides is 1. The second-order valence-corrected chi connectivity index (χ2v) is 6.20. The van der Waals surface area contributed by atoms with Crippen molar-refractivity contribution in [1.29, 1.82) is 0 Å². The molecule has 0 amide bonds. The van der Waals surface area contributed by atoms with Gasteiger partial charge in [-0.2, -0.15) is 4.31 Å². The van der Waals surface area contributed by atoms with E-state index >= 15 is 0 Å². The van der Waals surface area contributed by atoms with Crippen molar-refractivity contribution in [2.45, 2.75) is 23.8 Å². The highest BCUT2D eigenvalue weighted by molar-refractivity contribution is 7.89. The zero-order valence-corrected chi connectivity index (χ0v) is 10.8. The lowest BCUT2D eigenvalue weighted by Gasteiger charge is -2.21. The number of benzene rings is 1. The Balaban J connectivity index is 2.48. The Morgan fingerprint density at radius 1 is 1.25 bits per heavy atom. The van der Waals surface area contributed by atoms with E-state index in [1.807, 2.05) is 0 Å². The summed E-state index contributed by atoms with van der Waals surface area (Å²) in [5.74, 6) is -6.40. The Morgan fingerprint density at radius 3 is 2.30 bits per heavy atom. The van der Waals surface area contributed by atoms with E-state index in [0.29, 0.717) is 22.9 Å². The lowest BCUT2D eigenvalue weighted by atomic mass is 10.2. The molecule has 1 aromatic carbocycles. The van der Waals surface area contributed by atoms with Crippen molar-refractivity contribution >= 4 is 16.0 Å². The van der Waals surface area contributed by atoms with Gasteiger partial charge in [0.05, 0.1) is 4.90 Å². The van der Waals surface area contributed by atoms with Gasteiger partial charge in [-0.25, -0.2) is 21.6 Å². The third-order valence-corrected chi connectivity index (χ3v) is 4.94. The fourth-order valence-corrected chi connectivity index (χ4v) is 3.77. The molecule has 0 aliphatic carbocycles. The van der Waals surface area contributed by atoms with Crippen LogP contribution in [-0.4, -0.2) is 36.4 Å². The minimum Gasteiger partial charge on any atom is -0.480 e. The van der Waals surface area contributed by atoms with Gasteiger partial charge in [0.15, 0.2) is 17.5 Å². The van der Waals surface area contributed by atoms with Crippen molar-refractivity contribution in [1.82, 2.24) is 4.31 Å². The van der Waals surface area contributed by atoms with Crippen LogP contribution in [0.25, 0.3) is 0 Å². The van der Waals surface area contributed by atoms with Crippen LogP contribution in [0.1, 0.15) is 12.8 Å². The number of hydrogen-bond acceptors (Lipinski definition) is 3. The van der Waals surface area contributed by atoms with Crippen molar-refractivity contribution < 1.29 is 31.5 Å². The molecule has 0 bridgehead atoms. The first-order valence-corrected chi connectivity index (χ1v) is 7.08. The smallest absolute Gasteiger partial charge is 0.322 e. The highest BCUT2D eigenvalue weighted by Crippen LogP contribution is 2.27. The lowest BCUT2D eigenvalue weighted by Crippen LogP contribution is -2.40. The molecule has 1 aliphatic rings. The van der Waals surface area contributed by atoms with Crippen molar-refractivity contribution in [3.05, 3.63) is 29.6 Å². The Kier molecular flexibility index (Phi) is 3.74. The van der Waals surface area contributed by atoms with Gasteiger partial charge in [0.25, 0.3) is 0 Å². The molecule has 0 radical (unpaired) electrons. The molecule has 1 aromatic rings. The van der Waals surface area contributed by atoms with Gasteiger partial charge in [0.1, 0.15) is 6.04 Å². The number of nitrogens with zero attached hydrogens (tertiary/aromatic N) is 1. The molecule has 1 heterocycles. The summed E-state index contributed by atoms with van der Waals surface area (Å²) in [6, 6.07) is -0.605. The monoisotopic (exact) mass is 309 g/mol. The number of rotatable bonds is 3. The van der Waals surface area contributed by atoms with E-state index in [0.717, 1.165) is 0 Å². The third kappa shape index (κ3) is 2.38. The summed E-state index contributed by atoms with van der Waals surface area (Å²) < 4.78 is 64.0. The van der Waals surface area contributed by atoms with Crippen molar-refractivity contribution in [2.24, 2.45) is 0 Å². The van der Waals surface area contributed by atoms with E-state index in [9.17, 15) is 26.4 Å². The molecule has 0 spiro atoms. The van der Waals surface area contributed by atoms with Gasteiger partial charge in [-0.3, -0.25) is 4.79 Å². The number of carbonyl (C=O) groups is 1. The molecule has 0 unspecified atom stereocenters. The predicted octanol–water partition coefficient (Wildman–Crippen LogP) is 1.34. The fourth-order valence-electron chi connectivity index (χ4n) is 2.09. The van der Waals surface area contributed by atoms with Crippen LogP contribution in [0.3, 0.4) is 0 Å². The Hall–Kier alpha value is -1.61. The van der Waals surface area contributed by atoms with Crippen molar-refractivity contribution in [3.63, 3.8) is 0 Å². The molecule has 0 saturated carbocycles. The molecule has 20 heavy (non-hydrogen) atoms. The van der Waals surface area contributed by atoms with Crippen LogP contribution >= 0.6 is 0 Å². The quantitative estimate of drug-likeness (QED) is 0.855. The van der Waals surface area contributed by atoms with Crippen LogP contribution in [0.4, 0.5) is 13.2 Å². The zero-order chi connectivity index (χ0) is 15.1. The number of halogens is 3. The summed E-state index contributed by atoms with van der Waals surface area (Å²) in [5.41, 5.74) is 0. The second kappa shape index (κ2) is 5.06. The molecule has 110 valence electrons. The van der Waals surface area contributed by atoms with Crippen LogP contribution in [0, 0.1) is 17.5 Å². The maximum Gasteiger partial charge on any atom is 0.322 e. The van der Waals surface area contributed by atoms with E-state index in [-0.39, 0.29) is 13.0 Å². The van der Waals surface area contributed by atoms with Crippen LogP contribution in [0.15, 0.2) is 17.0 Å². The lowest BCUT2D eigenvalue weighted by molar-refractivity contribution is -0.140. The molecular formula is C11H10F3NO4S. The normalized spacial score (nSPS) is 20.2. The Labute approximate surface area is 112 Å². The van der Waals surface area contributed by atoms with Crippen LogP contribution in [0.2, 0.25) is 0 Å². The first kappa shape index (κ1) is 14.8. The van der Waals surface area contributed by atoms with E-state index in [1.54, 1.807) is 0 Å². The van der Waals surface area contributed by atoms with E-state index in [2.05, 4.69) is 0 Å². The fraction of sp³-hybridized carbons (Fsp3) is 0.364. The number of carboxylic acid groups (broad SMARTS) is 1. The number of aliphatic carboxylic acids is 1. The molecule has 1 atom stereocenters. The summed E-state index contributed by atoms with van der Waals surface area (Å²) in [6.45, 7) is -0.0695. The zero-order valence-electron chi connectivity index (χ0n) is 10.0. The minimum absolute atomic E-state index is 0.0695. The average molecular weight is 309 g/mol. The summed E-state index contributed by atoms with van der Waals surface area (Å²) in [7, 11) is -4.39. The topological polar surface area (TPSA) is 74.7 Å². The van der Waals surface area contributed by atoms with Gasteiger partial charge < -0.3 is 5.11 Å². The minimum atomic E-state index is -4.39. The molecule has 1 saturated heterocycles. The molecular weight excluding hydrogens is 299 g/mol. The van der Waals surface area contributed by atoms with Gasteiger partial charge in [0.2, 0.25) is 10.0 Å². The van der Waals surface area contributed by atoms with Gasteiger partial charge >= 0.3 is 5.97 Å². The van der Waals surface area contributed by atoms with Gasteiger partial charge in [-0.1, -0.05) is 0 Å². The van der Waals surface area contributed by atoms with Gasteiger partial charge in [0, 0.05) is 6.54 Å². The molecule has 9 heteroatoms. The molecule has 0 aromatic heterocycles. The van der Waals surface area contributed by atoms with Crippen molar-refractivity contribution in [3.8, 4) is 0 Å². The maximum absolute atomic E-state index is 13.1. The molecule has 1 aliphatic heterocycles. The van der Waals surface area contributed by atoms with Crippen molar-refractivity contribution in [2.75, 3.05) is 6.54 Å². The maximum atomic E-state index is 13.1. The third-order valence-electron chi connectivity index (χ3n) is 3.05. The number of hydrogen-bond donors (Lipinski definition) is 1. The van der Waals surface area contributed by atoms with E-state index in [4.69, 9.17) is 5.11 Å². The molecule has 2 rings (SSSR count). The Morgan fingerprint density at radius 2 is 1.80 bits per heavy atom. The van der Waals surface area contributed by atoms with E-state index < -0.39 is 44.4 Å². The summed E-state index contributed by atoms with van der Waals surface area (Å²) in [5, 5.41) is 8.93. The molecule has 1 fully saturated rings. The van der Waals surface area contributed by atoms with Crippen LogP contribution < -0.4 is 0 Å². The Bertz CT molecular complexity index is 639. The number of carboxylic acids is 1. The van der Waals surface area contributed by atoms with E-state index in [1.165, 1.54) is 0 Å². The SMILES string of the molecule is O=C(O)[C@@H]1CCCN1S(=O)(=O)c1cc(F)c(F)c(F)c1. The van der Waals surface area contributed by atoms with Gasteiger partial charge in [-0.05, 0) is 25.0 Å². The summed E-state index contributed by atoms with van der Waals surface area (Å²) in [4.78, 5) is 10.2. The highest BCUT2D eigenvalue weighted by atomic mass is 32.2. The first-order chi connectivity index (χ1) is 9.25.